The predicted molar refractivity (Wildman–Crippen MR) is 81.6 cm³/mol. The topological polar surface area (TPSA) is 26.2 Å². The van der Waals surface area contributed by atoms with E-state index in [0.29, 0.717) is 0 Å². The number of nitrogens with one attached hydrogen (secondary N) is 1. The average Bonchev–Trinajstić information content (AvgIpc) is 2.61. The van der Waals surface area contributed by atoms with Gasteiger partial charge in [0.2, 0.25) is 0 Å². The molecule has 0 bridgehead atoms. The van der Waals surface area contributed by atoms with Crippen LogP contribution in [0.3, 0.4) is 0 Å². The molecule has 1 aromatic rings. The molecule has 0 aliphatic rings. The van der Waals surface area contributed by atoms with Crippen molar-refractivity contribution in [1.82, 2.24) is 9.88 Å². The van der Waals surface area contributed by atoms with E-state index in [1.54, 1.807) is 7.11 Å². The first kappa shape index (κ1) is 16.3. The Bertz CT molecular complexity index is 394. The molecule has 1 N–H and O–H groups in total. The minimum atomic E-state index is 0.284. The molecule has 3 nitrogen and oxygen atoms in total. The summed E-state index contributed by atoms with van der Waals surface area (Å²) in [6, 6.07) is 2.30. The molecule has 0 atom stereocenters. The zero-order valence-electron chi connectivity index (χ0n) is 13.5. The Hall–Kier alpha value is -0.800. The fourth-order valence-electron chi connectivity index (χ4n) is 2.54. The molecular formula is C16H30N2O. The Morgan fingerprint density at radius 3 is 2.53 bits per heavy atom. The summed E-state index contributed by atoms with van der Waals surface area (Å²) in [6.45, 7) is 15.0. The van der Waals surface area contributed by atoms with Crippen molar-refractivity contribution in [3.05, 3.63) is 23.0 Å². The van der Waals surface area contributed by atoms with Crippen LogP contribution in [-0.4, -0.2) is 24.8 Å². The fourth-order valence-corrected chi connectivity index (χ4v) is 2.54. The van der Waals surface area contributed by atoms with Crippen molar-refractivity contribution in [2.75, 3.05) is 20.3 Å². The highest BCUT2D eigenvalue weighted by molar-refractivity contribution is 5.26. The van der Waals surface area contributed by atoms with Crippen LogP contribution in [0.15, 0.2) is 6.07 Å². The molecule has 0 spiro atoms. The van der Waals surface area contributed by atoms with Crippen LogP contribution in [0, 0.1) is 19.3 Å². The van der Waals surface area contributed by atoms with Crippen molar-refractivity contribution in [3.8, 4) is 0 Å². The van der Waals surface area contributed by atoms with Crippen LogP contribution >= 0.6 is 0 Å². The average molecular weight is 266 g/mol. The van der Waals surface area contributed by atoms with E-state index in [-0.39, 0.29) is 5.41 Å². The maximum atomic E-state index is 5.16. The maximum absolute atomic E-state index is 5.16. The van der Waals surface area contributed by atoms with Crippen LogP contribution in [0.1, 0.15) is 44.1 Å². The van der Waals surface area contributed by atoms with E-state index in [4.69, 9.17) is 4.74 Å². The summed E-state index contributed by atoms with van der Waals surface area (Å²) in [5, 5.41) is 3.59. The van der Waals surface area contributed by atoms with Crippen LogP contribution in [-0.2, 0) is 17.8 Å². The molecule has 1 heterocycles. The molecule has 0 radical (unpaired) electrons. The van der Waals surface area contributed by atoms with Crippen LogP contribution in [0.4, 0.5) is 0 Å². The van der Waals surface area contributed by atoms with Gasteiger partial charge in [0.1, 0.15) is 0 Å². The number of aromatic nitrogens is 1. The highest BCUT2D eigenvalue weighted by Gasteiger charge is 2.17. The zero-order chi connectivity index (χ0) is 14.5. The molecule has 1 aromatic heterocycles. The summed E-state index contributed by atoms with van der Waals surface area (Å²) >= 11 is 0. The third-order valence-electron chi connectivity index (χ3n) is 3.90. The number of hydrogen-bond donors (Lipinski definition) is 1. The predicted octanol–water partition coefficient (Wildman–Crippen LogP) is 3.28. The van der Waals surface area contributed by atoms with E-state index in [1.807, 2.05) is 0 Å². The van der Waals surface area contributed by atoms with E-state index in [0.717, 1.165) is 32.7 Å². The summed E-state index contributed by atoms with van der Waals surface area (Å²) in [5.41, 5.74) is 4.45. The Morgan fingerprint density at radius 2 is 2.00 bits per heavy atom. The third kappa shape index (κ3) is 4.66. The Morgan fingerprint density at radius 1 is 1.32 bits per heavy atom. The third-order valence-corrected chi connectivity index (χ3v) is 3.90. The molecule has 3 heteroatoms. The van der Waals surface area contributed by atoms with Crippen molar-refractivity contribution in [1.29, 1.82) is 0 Å². The summed E-state index contributed by atoms with van der Waals surface area (Å²) in [7, 11) is 1.77. The molecule has 0 saturated carbocycles. The van der Waals surface area contributed by atoms with Crippen molar-refractivity contribution >= 4 is 0 Å². The Labute approximate surface area is 118 Å². The van der Waals surface area contributed by atoms with Gasteiger partial charge >= 0.3 is 0 Å². The molecule has 1 rings (SSSR count). The highest BCUT2D eigenvalue weighted by atomic mass is 16.5. The van der Waals surface area contributed by atoms with Crippen LogP contribution in [0.2, 0.25) is 0 Å². The van der Waals surface area contributed by atoms with E-state index < -0.39 is 0 Å². The van der Waals surface area contributed by atoms with Gasteiger partial charge in [-0.05, 0) is 44.2 Å². The minimum Gasteiger partial charge on any atom is -0.385 e. The second kappa shape index (κ2) is 7.11. The van der Waals surface area contributed by atoms with E-state index in [9.17, 15) is 0 Å². The zero-order valence-corrected chi connectivity index (χ0v) is 13.5. The maximum Gasteiger partial charge on any atom is 0.0467 e. The molecule has 0 unspecified atom stereocenters. The van der Waals surface area contributed by atoms with E-state index >= 15 is 0 Å². The van der Waals surface area contributed by atoms with Gasteiger partial charge in [-0.15, -0.1) is 0 Å². The Kier molecular flexibility index (Phi) is 6.08. The number of aryl methyl sites for hydroxylation is 1. The first-order valence-corrected chi connectivity index (χ1v) is 7.26. The molecule has 0 aliphatic carbocycles. The summed E-state index contributed by atoms with van der Waals surface area (Å²) < 4.78 is 7.53. The second-order valence-corrected chi connectivity index (χ2v) is 6.15. The first-order valence-electron chi connectivity index (χ1n) is 7.26. The van der Waals surface area contributed by atoms with Gasteiger partial charge in [0, 0.05) is 44.7 Å². The van der Waals surface area contributed by atoms with E-state index in [2.05, 4.69) is 50.6 Å². The largest absolute Gasteiger partial charge is 0.385 e. The molecule has 110 valence electrons. The van der Waals surface area contributed by atoms with Crippen molar-refractivity contribution in [3.63, 3.8) is 0 Å². The van der Waals surface area contributed by atoms with Gasteiger partial charge in [-0.3, -0.25) is 0 Å². The summed E-state index contributed by atoms with van der Waals surface area (Å²) in [4.78, 5) is 0. The molecule has 0 fully saturated rings. The standard InChI is InChI=1S/C16H30N2O/c1-7-18-13(2)10-15(14(18)3)11-17-12-16(4,5)8-9-19-6/h10,17H,7-9,11-12H2,1-6H3. The van der Waals surface area contributed by atoms with E-state index in [1.165, 1.54) is 17.0 Å². The smallest absolute Gasteiger partial charge is 0.0467 e. The second-order valence-electron chi connectivity index (χ2n) is 6.15. The van der Waals surface area contributed by atoms with Crippen molar-refractivity contribution < 1.29 is 4.74 Å². The van der Waals surface area contributed by atoms with Gasteiger partial charge < -0.3 is 14.6 Å². The lowest BCUT2D eigenvalue weighted by Crippen LogP contribution is -2.30. The van der Waals surface area contributed by atoms with Crippen molar-refractivity contribution in [2.24, 2.45) is 5.41 Å². The lowest BCUT2D eigenvalue weighted by atomic mass is 9.89. The lowest BCUT2D eigenvalue weighted by Gasteiger charge is -2.24. The van der Waals surface area contributed by atoms with Crippen molar-refractivity contribution in [2.45, 2.75) is 54.1 Å². The van der Waals surface area contributed by atoms with Gasteiger partial charge in [-0.1, -0.05) is 13.8 Å². The molecule has 0 saturated heterocycles. The number of rotatable bonds is 8. The SMILES string of the molecule is CCn1c(C)cc(CNCC(C)(C)CCOC)c1C. The van der Waals surface area contributed by atoms with Gasteiger partial charge in [0.25, 0.3) is 0 Å². The number of methoxy groups -OCH3 is 1. The number of ether oxygens (including phenoxy) is 1. The molecule has 0 amide bonds. The number of hydrogen-bond acceptors (Lipinski definition) is 2. The number of nitrogens with zero attached hydrogens (tertiary/aromatic N) is 1. The fraction of sp³-hybridized carbons (Fsp3) is 0.750. The molecule has 0 aliphatic heterocycles. The van der Waals surface area contributed by atoms with Gasteiger partial charge in [-0.2, -0.15) is 0 Å². The summed E-state index contributed by atoms with van der Waals surface area (Å²) in [6.07, 6.45) is 1.09. The molecular weight excluding hydrogens is 236 g/mol. The monoisotopic (exact) mass is 266 g/mol. The summed E-state index contributed by atoms with van der Waals surface area (Å²) in [5.74, 6) is 0. The first-order chi connectivity index (χ1) is 8.91. The molecule has 0 aromatic carbocycles. The normalized spacial score (nSPS) is 12.1. The Balaban J connectivity index is 2.49. The minimum absolute atomic E-state index is 0.284. The van der Waals surface area contributed by atoms with Gasteiger partial charge in [-0.25, -0.2) is 0 Å². The lowest BCUT2D eigenvalue weighted by molar-refractivity contribution is 0.150. The quantitative estimate of drug-likeness (QED) is 0.781. The highest BCUT2D eigenvalue weighted by Crippen LogP contribution is 2.20. The molecule has 19 heavy (non-hydrogen) atoms. The van der Waals surface area contributed by atoms with Gasteiger partial charge in [0.05, 0.1) is 0 Å². The van der Waals surface area contributed by atoms with Crippen LogP contribution in [0.25, 0.3) is 0 Å². The van der Waals surface area contributed by atoms with Crippen LogP contribution in [0.5, 0.6) is 0 Å². The van der Waals surface area contributed by atoms with Gasteiger partial charge in [0.15, 0.2) is 0 Å². The van der Waals surface area contributed by atoms with Crippen LogP contribution < -0.4 is 5.32 Å².